The van der Waals surface area contributed by atoms with Crippen LogP contribution in [0.5, 0.6) is 0 Å². The van der Waals surface area contributed by atoms with Gasteiger partial charge >= 0.3 is 5.97 Å². The molecule has 2 aromatic heterocycles. The SMILES string of the molecule is Cc1cc([C@@H](C)Nc2ccccc2C(=O)O)c2cc(-c3cnc(C4CC4)nc3)c(C#N)nc2c1. The number of benzene rings is 2. The number of anilines is 1. The number of carbonyl (C=O) groups is 1. The van der Waals surface area contributed by atoms with Crippen LogP contribution >= 0.6 is 0 Å². The van der Waals surface area contributed by atoms with Gasteiger partial charge in [0.2, 0.25) is 0 Å². The normalized spacial score (nSPS) is 13.9. The van der Waals surface area contributed by atoms with Crippen LogP contribution in [0.2, 0.25) is 0 Å². The second kappa shape index (κ2) is 8.56. The molecular formula is C27H23N5O2. The minimum atomic E-state index is -0.985. The number of nitriles is 1. The maximum Gasteiger partial charge on any atom is 0.337 e. The standard InChI is InChI=1S/C27H23N5O2/c1-15-9-20(16(2)31-23-6-4-3-5-19(23)27(33)34)22-11-21(25(12-28)32-24(22)10-15)18-13-29-26(30-14-18)17-7-8-17/h3-6,9-11,13-14,16-17,31H,7-8H2,1-2H3,(H,33,34)/t16-/m1/s1. The molecule has 1 aliphatic rings. The lowest BCUT2D eigenvalue weighted by Crippen LogP contribution is -2.11. The van der Waals surface area contributed by atoms with Gasteiger partial charge in [-0.1, -0.05) is 18.2 Å². The molecule has 0 aliphatic heterocycles. The van der Waals surface area contributed by atoms with Gasteiger partial charge in [-0.2, -0.15) is 5.26 Å². The monoisotopic (exact) mass is 449 g/mol. The number of carboxylic acids is 1. The van der Waals surface area contributed by atoms with Gasteiger partial charge in [0.15, 0.2) is 0 Å². The smallest absolute Gasteiger partial charge is 0.337 e. The molecule has 168 valence electrons. The Hall–Kier alpha value is -4.31. The van der Waals surface area contributed by atoms with Crippen molar-refractivity contribution in [3.63, 3.8) is 0 Å². The van der Waals surface area contributed by atoms with E-state index in [0.717, 1.165) is 40.7 Å². The van der Waals surface area contributed by atoms with E-state index in [2.05, 4.69) is 32.4 Å². The van der Waals surface area contributed by atoms with Crippen molar-refractivity contribution in [1.29, 1.82) is 5.26 Å². The van der Waals surface area contributed by atoms with Crippen LogP contribution in [0, 0.1) is 18.3 Å². The van der Waals surface area contributed by atoms with Crippen molar-refractivity contribution in [2.24, 2.45) is 0 Å². The first kappa shape index (κ1) is 21.5. The summed E-state index contributed by atoms with van der Waals surface area (Å²) >= 11 is 0. The van der Waals surface area contributed by atoms with E-state index in [4.69, 9.17) is 0 Å². The number of hydrogen-bond acceptors (Lipinski definition) is 6. The first-order chi connectivity index (χ1) is 16.4. The second-order valence-electron chi connectivity index (χ2n) is 8.74. The first-order valence-corrected chi connectivity index (χ1v) is 11.2. The van der Waals surface area contributed by atoms with E-state index < -0.39 is 5.97 Å². The lowest BCUT2D eigenvalue weighted by atomic mass is 9.96. The highest BCUT2D eigenvalue weighted by Gasteiger charge is 2.26. The number of fused-ring (bicyclic) bond motifs is 1. The number of aryl methyl sites for hydroxylation is 1. The van der Waals surface area contributed by atoms with Crippen molar-refractivity contribution in [2.45, 2.75) is 38.6 Å². The fourth-order valence-electron chi connectivity index (χ4n) is 4.25. The Labute approximate surface area is 197 Å². The van der Waals surface area contributed by atoms with Crippen molar-refractivity contribution < 1.29 is 9.90 Å². The van der Waals surface area contributed by atoms with Gasteiger partial charge in [-0.15, -0.1) is 0 Å². The fourth-order valence-corrected chi connectivity index (χ4v) is 4.25. The Bertz CT molecular complexity index is 1450. The highest BCUT2D eigenvalue weighted by Crippen LogP contribution is 2.38. The average molecular weight is 450 g/mol. The molecule has 0 amide bonds. The van der Waals surface area contributed by atoms with E-state index in [1.807, 2.05) is 26.0 Å². The van der Waals surface area contributed by atoms with Gasteiger partial charge in [-0.25, -0.2) is 19.7 Å². The van der Waals surface area contributed by atoms with E-state index in [0.29, 0.717) is 28.4 Å². The summed E-state index contributed by atoms with van der Waals surface area (Å²) in [6.07, 6.45) is 5.78. The van der Waals surface area contributed by atoms with Crippen LogP contribution in [0.1, 0.15) is 64.7 Å². The van der Waals surface area contributed by atoms with Crippen LogP contribution in [-0.4, -0.2) is 26.0 Å². The van der Waals surface area contributed by atoms with Crippen LogP contribution in [0.4, 0.5) is 5.69 Å². The molecule has 2 aromatic carbocycles. The molecular weight excluding hydrogens is 426 g/mol. The zero-order valence-corrected chi connectivity index (χ0v) is 18.9. The number of hydrogen-bond donors (Lipinski definition) is 2. The lowest BCUT2D eigenvalue weighted by molar-refractivity contribution is 0.0698. The van der Waals surface area contributed by atoms with Gasteiger partial charge < -0.3 is 10.4 Å². The Kier molecular flexibility index (Phi) is 5.42. The first-order valence-electron chi connectivity index (χ1n) is 11.2. The van der Waals surface area contributed by atoms with E-state index in [9.17, 15) is 15.2 Å². The molecule has 1 saturated carbocycles. The van der Waals surface area contributed by atoms with Gasteiger partial charge in [0.05, 0.1) is 11.1 Å². The van der Waals surface area contributed by atoms with Crippen molar-refractivity contribution in [1.82, 2.24) is 15.0 Å². The van der Waals surface area contributed by atoms with Crippen LogP contribution in [-0.2, 0) is 0 Å². The summed E-state index contributed by atoms with van der Waals surface area (Å²) in [5.74, 6) is 0.318. The quantitative estimate of drug-likeness (QED) is 0.393. The molecule has 1 atom stereocenters. The minimum Gasteiger partial charge on any atom is -0.478 e. The number of aromatic nitrogens is 3. The van der Waals surface area contributed by atoms with Gasteiger partial charge in [0.1, 0.15) is 17.6 Å². The van der Waals surface area contributed by atoms with E-state index >= 15 is 0 Å². The minimum absolute atomic E-state index is 0.209. The topological polar surface area (TPSA) is 112 Å². The van der Waals surface area contributed by atoms with Crippen LogP contribution in [0.15, 0.2) is 54.9 Å². The van der Waals surface area contributed by atoms with Crippen molar-refractivity contribution in [3.8, 4) is 17.2 Å². The zero-order valence-electron chi connectivity index (χ0n) is 18.9. The summed E-state index contributed by atoms with van der Waals surface area (Å²) in [4.78, 5) is 25.3. The summed E-state index contributed by atoms with van der Waals surface area (Å²) < 4.78 is 0. The molecule has 1 aliphatic carbocycles. The zero-order chi connectivity index (χ0) is 23.8. The molecule has 0 spiro atoms. The highest BCUT2D eigenvalue weighted by atomic mass is 16.4. The van der Waals surface area contributed by atoms with E-state index in [1.54, 1.807) is 36.7 Å². The third-order valence-electron chi connectivity index (χ3n) is 6.14. The van der Waals surface area contributed by atoms with Gasteiger partial charge in [0, 0.05) is 46.6 Å². The Morgan fingerprint density at radius 3 is 2.59 bits per heavy atom. The number of rotatable bonds is 6. The Balaban J connectivity index is 1.60. The second-order valence-corrected chi connectivity index (χ2v) is 8.74. The van der Waals surface area contributed by atoms with E-state index in [1.165, 1.54) is 0 Å². The summed E-state index contributed by atoms with van der Waals surface area (Å²) in [5, 5.41) is 23.6. The van der Waals surface area contributed by atoms with Crippen molar-refractivity contribution in [2.75, 3.05) is 5.32 Å². The summed E-state index contributed by atoms with van der Waals surface area (Å²) in [6.45, 7) is 3.96. The van der Waals surface area contributed by atoms with Crippen LogP contribution in [0.3, 0.4) is 0 Å². The average Bonchev–Trinajstić information content (AvgIpc) is 3.68. The number of nitrogens with one attached hydrogen (secondary N) is 1. The molecule has 5 rings (SSSR count). The maximum absolute atomic E-state index is 11.7. The molecule has 34 heavy (non-hydrogen) atoms. The molecule has 7 heteroatoms. The summed E-state index contributed by atoms with van der Waals surface area (Å²) in [6, 6.07) is 14.8. The third-order valence-corrected chi connectivity index (χ3v) is 6.14. The van der Waals surface area contributed by atoms with Crippen LogP contribution < -0.4 is 5.32 Å². The molecule has 0 bridgehead atoms. The largest absolute Gasteiger partial charge is 0.478 e. The number of nitrogens with zero attached hydrogens (tertiary/aromatic N) is 4. The fraction of sp³-hybridized carbons (Fsp3) is 0.222. The van der Waals surface area contributed by atoms with Gasteiger partial charge in [0.25, 0.3) is 0 Å². The molecule has 4 aromatic rings. The molecule has 2 N–H and O–H groups in total. The Morgan fingerprint density at radius 2 is 1.91 bits per heavy atom. The summed E-state index contributed by atoms with van der Waals surface area (Å²) in [5.41, 5.74) is 5.19. The van der Waals surface area contributed by atoms with Gasteiger partial charge in [-0.05, 0) is 62.1 Å². The van der Waals surface area contributed by atoms with Crippen LogP contribution in [0.25, 0.3) is 22.0 Å². The number of carboxylic acid groups (broad SMARTS) is 1. The van der Waals surface area contributed by atoms with Crippen molar-refractivity contribution in [3.05, 3.63) is 83.1 Å². The van der Waals surface area contributed by atoms with E-state index in [-0.39, 0.29) is 11.6 Å². The number of pyridine rings is 1. The molecule has 0 saturated heterocycles. The maximum atomic E-state index is 11.7. The molecule has 7 nitrogen and oxygen atoms in total. The molecule has 2 heterocycles. The molecule has 1 fully saturated rings. The van der Waals surface area contributed by atoms with Crippen molar-refractivity contribution >= 4 is 22.6 Å². The lowest BCUT2D eigenvalue weighted by Gasteiger charge is -2.20. The molecule has 0 radical (unpaired) electrons. The summed E-state index contributed by atoms with van der Waals surface area (Å²) in [7, 11) is 0. The third kappa shape index (κ3) is 4.06. The number of para-hydroxylation sites is 1. The Morgan fingerprint density at radius 1 is 1.18 bits per heavy atom. The number of aromatic carboxylic acids is 1. The highest BCUT2D eigenvalue weighted by molar-refractivity contribution is 5.94. The predicted molar refractivity (Wildman–Crippen MR) is 130 cm³/mol. The molecule has 0 unspecified atom stereocenters. The van der Waals surface area contributed by atoms with Gasteiger partial charge in [-0.3, -0.25) is 0 Å². The predicted octanol–water partition coefficient (Wildman–Crippen LogP) is 5.62.